The van der Waals surface area contributed by atoms with Gasteiger partial charge in [0.25, 0.3) is 5.91 Å². The summed E-state index contributed by atoms with van der Waals surface area (Å²) in [6.45, 7) is 7.26. The normalized spacial score (nSPS) is 18.7. The average molecular weight is 397 g/mol. The molecule has 1 aromatic carbocycles. The summed E-state index contributed by atoms with van der Waals surface area (Å²) in [5.41, 5.74) is 1.57. The summed E-state index contributed by atoms with van der Waals surface area (Å²) in [7, 11) is -3.10. The Kier molecular flexibility index (Phi) is 6.51. The van der Waals surface area contributed by atoms with E-state index in [2.05, 4.69) is 5.32 Å². The van der Waals surface area contributed by atoms with Gasteiger partial charge < -0.3 is 15.2 Å². The van der Waals surface area contributed by atoms with E-state index in [0.29, 0.717) is 12.0 Å². The molecule has 0 spiro atoms. The van der Waals surface area contributed by atoms with Crippen molar-refractivity contribution in [3.8, 4) is 5.75 Å². The van der Waals surface area contributed by atoms with Crippen molar-refractivity contribution in [2.45, 2.75) is 52.0 Å². The molecule has 1 fully saturated rings. The molecule has 0 radical (unpaired) electrons. The lowest BCUT2D eigenvalue weighted by atomic mass is 9.92. The number of amides is 1. The molecule has 0 saturated carbocycles. The Bertz CT molecular complexity index is 829. The molecular weight excluding hydrogens is 370 g/mol. The van der Waals surface area contributed by atoms with Crippen LogP contribution in [0.2, 0.25) is 0 Å². The van der Waals surface area contributed by atoms with Gasteiger partial charge in [0.05, 0.1) is 11.5 Å². The highest BCUT2D eigenvalue weighted by Crippen LogP contribution is 2.33. The fourth-order valence-electron chi connectivity index (χ4n) is 3.00. The third kappa shape index (κ3) is 5.45. The van der Waals surface area contributed by atoms with E-state index in [4.69, 9.17) is 4.74 Å². The van der Waals surface area contributed by atoms with Crippen molar-refractivity contribution >= 4 is 21.7 Å². The van der Waals surface area contributed by atoms with E-state index in [1.807, 2.05) is 33.8 Å². The summed E-state index contributed by atoms with van der Waals surface area (Å²) in [4.78, 5) is 24.3. The van der Waals surface area contributed by atoms with Crippen molar-refractivity contribution in [1.82, 2.24) is 5.32 Å². The quantitative estimate of drug-likeness (QED) is 0.712. The Morgan fingerprint density at radius 2 is 1.89 bits per heavy atom. The number of aromatic hydroxyl groups is 1. The van der Waals surface area contributed by atoms with E-state index >= 15 is 0 Å². The number of phenols is 1. The second kappa shape index (κ2) is 8.29. The van der Waals surface area contributed by atoms with Crippen molar-refractivity contribution in [2.75, 3.05) is 18.1 Å². The first-order valence-electron chi connectivity index (χ1n) is 9.04. The molecule has 8 heteroatoms. The minimum absolute atomic E-state index is 0.0165. The maximum absolute atomic E-state index is 12.4. The molecule has 1 atom stereocenters. The van der Waals surface area contributed by atoms with E-state index in [1.165, 1.54) is 0 Å². The van der Waals surface area contributed by atoms with Gasteiger partial charge in [0.1, 0.15) is 11.3 Å². The Labute approximate surface area is 160 Å². The number of rotatable bonds is 6. The average Bonchev–Trinajstić information content (AvgIpc) is 2.90. The van der Waals surface area contributed by atoms with Crippen LogP contribution in [0.1, 0.15) is 67.4 Å². The number of ether oxygens (including phenoxy) is 1. The van der Waals surface area contributed by atoms with E-state index in [0.717, 1.165) is 5.56 Å². The van der Waals surface area contributed by atoms with Gasteiger partial charge in [0.15, 0.2) is 16.4 Å². The summed E-state index contributed by atoms with van der Waals surface area (Å²) < 4.78 is 27.9. The number of benzene rings is 1. The van der Waals surface area contributed by atoms with Crippen molar-refractivity contribution in [2.24, 2.45) is 0 Å². The zero-order valence-corrected chi connectivity index (χ0v) is 16.9. The summed E-state index contributed by atoms with van der Waals surface area (Å²) in [6, 6.07) is 3.00. The van der Waals surface area contributed by atoms with Crippen molar-refractivity contribution in [3.63, 3.8) is 0 Å². The van der Waals surface area contributed by atoms with Gasteiger partial charge in [-0.25, -0.2) is 13.2 Å². The van der Waals surface area contributed by atoms with Gasteiger partial charge in [-0.05, 0) is 35.4 Å². The first-order chi connectivity index (χ1) is 12.5. The predicted octanol–water partition coefficient (Wildman–Crippen LogP) is 2.10. The fraction of sp³-hybridized carbons (Fsp3) is 0.579. The Balaban J connectivity index is 2.06. The number of sulfone groups is 1. The summed E-state index contributed by atoms with van der Waals surface area (Å²) in [6.07, 6.45) is 0.358. The Morgan fingerprint density at radius 1 is 1.22 bits per heavy atom. The van der Waals surface area contributed by atoms with Crippen LogP contribution in [-0.4, -0.2) is 49.6 Å². The molecule has 150 valence electrons. The maximum atomic E-state index is 12.4. The molecule has 0 aliphatic carbocycles. The van der Waals surface area contributed by atoms with Crippen molar-refractivity contribution in [1.29, 1.82) is 0 Å². The minimum Gasteiger partial charge on any atom is -0.507 e. The number of carbonyl (C=O) groups excluding carboxylic acids is 2. The number of hydrogen-bond acceptors (Lipinski definition) is 6. The molecule has 1 saturated heterocycles. The van der Waals surface area contributed by atoms with Crippen molar-refractivity contribution in [3.05, 3.63) is 28.8 Å². The molecule has 1 aliphatic rings. The zero-order valence-electron chi connectivity index (χ0n) is 16.1. The SMILES string of the molecule is CC(C)c1cc(C(=O)OCC(=O)N[C@H]2CCS(=O)(=O)C2)c(O)c(C(C)C)c1. The van der Waals surface area contributed by atoms with Crippen LogP contribution in [0.25, 0.3) is 0 Å². The largest absolute Gasteiger partial charge is 0.507 e. The van der Waals surface area contributed by atoms with E-state index in [9.17, 15) is 23.1 Å². The first kappa shape index (κ1) is 21.2. The molecule has 0 unspecified atom stereocenters. The summed E-state index contributed by atoms with van der Waals surface area (Å²) in [5, 5.41) is 13.0. The first-order valence-corrected chi connectivity index (χ1v) is 10.9. The number of phenolic OH excluding ortho intramolecular Hbond substituents is 1. The number of carbonyl (C=O) groups is 2. The van der Waals surface area contributed by atoms with Crippen molar-refractivity contribution < 1.29 is 27.9 Å². The maximum Gasteiger partial charge on any atom is 0.342 e. The predicted molar refractivity (Wildman–Crippen MR) is 102 cm³/mol. The fourth-order valence-corrected chi connectivity index (χ4v) is 4.67. The van der Waals surface area contributed by atoms with Gasteiger partial charge in [0.2, 0.25) is 0 Å². The van der Waals surface area contributed by atoms with Gasteiger partial charge in [-0.2, -0.15) is 0 Å². The number of esters is 1. The molecule has 0 bridgehead atoms. The lowest BCUT2D eigenvalue weighted by Crippen LogP contribution is -2.38. The molecular formula is C19H27NO6S. The third-order valence-corrected chi connectivity index (χ3v) is 6.37. The second-order valence-corrected chi connectivity index (χ2v) is 9.79. The molecule has 1 aliphatic heterocycles. The minimum atomic E-state index is -3.10. The molecule has 0 aromatic heterocycles. The second-order valence-electron chi connectivity index (χ2n) is 7.56. The van der Waals surface area contributed by atoms with E-state index < -0.39 is 34.4 Å². The van der Waals surface area contributed by atoms with E-state index in [-0.39, 0.29) is 34.7 Å². The molecule has 27 heavy (non-hydrogen) atoms. The highest BCUT2D eigenvalue weighted by Gasteiger charge is 2.29. The van der Waals surface area contributed by atoms with Crippen LogP contribution >= 0.6 is 0 Å². The molecule has 7 nitrogen and oxygen atoms in total. The lowest BCUT2D eigenvalue weighted by Gasteiger charge is -2.17. The van der Waals surface area contributed by atoms with Gasteiger partial charge >= 0.3 is 5.97 Å². The lowest BCUT2D eigenvalue weighted by molar-refractivity contribution is -0.124. The summed E-state index contributed by atoms with van der Waals surface area (Å²) >= 11 is 0. The highest BCUT2D eigenvalue weighted by molar-refractivity contribution is 7.91. The van der Waals surface area contributed by atoms with Crippen LogP contribution in [0.5, 0.6) is 5.75 Å². The van der Waals surface area contributed by atoms with Crippen LogP contribution in [0.4, 0.5) is 0 Å². The highest BCUT2D eigenvalue weighted by atomic mass is 32.2. The molecule has 2 N–H and O–H groups in total. The van der Waals surface area contributed by atoms with E-state index in [1.54, 1.807) is 6.07 Å². The van der Waals surface area contributed by atoms with Gasteiger partial charge in [-0.15, -0.1) is 0 Å². The molecule has 1 amide bonds. The summed E-state index contributed by atoms with van der Waals surface area (Å²) in [5.74, 6) is -1.36. The van der Waals surface area contributed by atoms with Gasteiger partial charge in [0, 0.05) is 6.04 Å². The van der Waals surface area contributed by atoms with Crippen LogP contribution in [0.15, 0.2) is 12.1 Å². The zero-order chi connectivity index (χ0) is 20.4. The van der Waals surface area contributed by atoms with Gasteiger partial charge in [-0.1, -0.05) is 33.8 Å². The molecule has 1 aromatic rings. The molecule has 2 rings (SSSR count). The Hall–Kier alpha value is -2.09. The van der Waals surface area contributed by atoms with Crippen LogP contribution in [0, 0.1) is 0 Å². The van der Waals surface area contributed by atoms with Crippen LogP contribution in [-0.2, 0) is 19.4 Å². The van der Waals surface area contributed by atoms with Gasteiger partial charge in [-0.3, -0.25) is 4.79 Å². The monoisotopic (exact) mass is 397 g/mol. The van der Waals surface area contributed by atoms with Crippen LogP contribution < -0.4 is 5.32 Å². The number of hydrogen-bond donors (Lipinski definition) is 2. The third-order valence-electron chi connectivity index (χ3n) is 4.60. The topological polar surface area (TPSA) is 110 Å². The standard InChI is InChI=1S/C19H27NO6S/c1-11(2)13-7-15(12(3)4)18(22)16(8-13)19(23)26-9-17(21)20-14-5-6-27(24,25)10-14/h7-8,11-12,14,22H,5-6,9-10H2,1-4H3,(H,20,21)/t14-/m0/s1. The number of nitrogens with one attached hydrogen (secondary N) is 1. The Morgan fingerprint density at radius 3 is 2.41 bits per heavy atom. The molecule has 1 heterocycles. The smallest absolute Gasteiger partial charge is 0.342 e. The van der Waals surface area contributed by atoms with Crippen LogP contribution in [0.3, 0.4) is 0 Å².